The minimum atomic E-state index is -0.437. The fourth-order valence-corrected chi connectivity index (χ4v) is 2.98. The van der Waals surface area contributed by atoms with Crippen molar-refractivity contribution in [3.8, 4) is 5.75 Å². The fraction of sp³-hybridized carbons (Fsp3) is 0.632. The van der Waals surface area contributed by atoms with Crippen molar-refractivity contribution in [2.24, 2.45) is 0 Å². The lowest BCUT2D eigenvalue weighted by Gasteiger charge is -2.33. The van der Waals surface area contributed by atoms with Gasteiger partial charge >= 0.3 is 6.09 Å². The number of ether oxygens (including phenoxy) is 2. The monoisotopic (exact) mass is 317 g/mol. The van der Waals surface area contributed by atoms with Gasteiger partial charge in [-0.2, -0.15) is 0 Å². The molecule has 1 saturated carbocycles. The first-order valence-corrected chi connectivity index (χ1v) is 8.66. The number of hydrogen-bond donors (Lipinski definition) is 0. The second-order valence-corrected chi connectivity index (χ2v) is 7.60. The third kappa shape index (κ3) is 4.40. The van der Waals surface area contributed by atoms with Crippen LogP contribution >= 0.6 is 0 Å². The number of amides is 1. The third-order valence-corrected chi connectivity index (χ3v) is 4.32. The van der Waals surface area contributed by atoms with Gasteiger partial charge in [-0.15, -0.1) is 0 Å². The molecule has 23 heavy (non-hydrogen) atoms. The van der Waals surface area contributed by atoms with Crippen LogP contribution in [0.15, 0.2) is 24.3 Å². The summed E-state index contributed by atoms with van der Waals surface area (Å²) in [5.41, 5.74) is 0.912. The number of nitrogens with zero attached hydrogens (tertiary/aromatic N) is 1. The van der Waals surface area contributed by atoms with E-state index >= 15 is 0 Å². The predicted molar refractivity (Wildman–Crippen MR) is 89.9 cm³/mol. The molecule has 1 aromatic rings. The van der Waals surface area contributed by atoms with Crippen molar-refractivity contribution < 1.29 is 14.3 Å². The van der Waals surface area contributed by atoms with E-state index < -0.39 is 5.60 Å². The maximum Gasteiger partial charge on any atom is 0.410 e. The second kappa shape index (κ2) is 6.42. The van der Waals surface area contributed by atoms with Gasteiger partial charge in [-0.3, -0.25) is 0 Å². The van der Waals surface area contributed by atoms with Gasteiger partial charge in [-0.25, -0.2) is 4.79 Å². The van der Waals surface area contributed by atoms with Crippen molar-refractivity contribution in [2.75, 3.05) is 13.1 Å². The number of hydrogen-bond acceptors (Lipinski definition) is 3. The van der Waals surface area contributed by atoms with Crippen molar-refractivity contribution in [3.05, 3.63) is 29.8 Å². The van der Waals surface area contributed by atoms with E-state index in [4.69, 9.17) is 9.47 Å². The standard InChI is InChI=1S/C19H27NO3/c1-19(2,3)23-18(21)20-12-10-15(11-13-20)22-17-7-5-4-6-16(17)14-8-9-14/h4-7,14-15H,8-13H2,1-3H3. The van der Waals surface area contributed by atoms with E-state index in [2.05, 4.69) is 18.2 Å². The average Bonchev–Trinajstić information content (AvgIpc) is 3.31. The van der Waals surface area contributed by atoms with E-state index in [9.17, 15) is 4.79 Å². The summed E-state index contributed by atoms with van der Waals surface area (Å²) in [6.45, 7) is 7.09. The molecule has 1 heterocycles. The first kappa shape index (κ1) is 16.2. The zero-order valence-electron chi connectivity index (χ0n) is 14.4. The first-order valence-electron chi connectivity index (χ1n) is 8.66. The summed E-state index contributed by atoms with van der Waals surface area (Å²) in [5, 5.41) is 0. The molecule has 1 saturated heterocycles. The molecule has 0 radical (unpaired) electrons. The van der Waals surface area contributed by atoms with Crippen LogP contribution in [-0.4, -0.2) is 35.8 Å². The van der Waals surface area contributed by atoms with Crippen LogP contribution in [0, 0.1) is 0 Å². The number of rotatable bonds is 3. The Bertz CT molecular complexity index is 552. The number of carbonyl (C=O) groups is 1. The Morgan fingerprint density at radius 2 is 1.74 bits per heavy atom. The summed E-state index contributed by atoms with van der Waals surface area (Å²) in [7, 11) is 0. The predicted octanol–water partition coefficient (Wildman–Crippen LogP) is 4.34. The van der Waals surface area contributed by atoms with Crippen LogP contribution in [-0.2, 0) is 4.74 Å². The second-order valence-electron chi connectivity index (χ2n) is 7.60. The summed E-state index contributed by atoms with van der Waals surface area (Å²) < 4.78 is 11.7. The van der Waals surface area contributed by atoms with Crippen LogP contribution < -0.4 is 4.74 Å². The van der Waals surface area contributed by atoms with E-state index in [1.807, 2.05) is 26.8 Å². The Balaban J connectivity index is 1.53. The van der Waals surface area contributed by atoms with Crippen molar-refractivity contribution in [2.45, 2.75) is 64.1 Å². The highest BCUT2D eigenvalue weighted by Gasteiger charge is 2.30. The number of carbonyl (C=O) groups excluding carboxylic acids is 1. The van der Waals surface area contributed by atoms with Gasteiger partial charge < -0.3 is 14.4 Å². The third-order valence-electron chi connectivity index (χ3n) is 4.32. The lowest BCUT2D eigenvalue weighted by Crippen LogP contribution is -2.44. The van der Waals surface area contributed by atoms with Crippen molar-refractivity contribution >= 4 is 6.09 Å². The SMILES string of the molecule is CC(C)(C)OC(=O)N1CCC(Oc2ccccc2C2CC2)CC1. The fourth-order valence-electron chi connectivity index (χ4n) is 2.98. The molecule has 4 heteroatoms. The average molecular weight is 317 g/mol. The van der Waals surface area contributed by atoms with E-state index in [0.717, 1.165) is 18.6 Å². The molecule has 0 N–H and O–H groups in total. The van der Waals surface area contributed by atoms with Gasteiger partial charge in [-0.1, -0.05) is 18.2 Å². The number of benzene rings is 1. The smallest absolute Gasteiger partial charge is 0.410 e. The molecule has 1 aliphatic carbocycles. The van der Waals surface area contributed by atoms with Gasteiger partial charge in [0.1, 0.15) is 17.5 Å². The highest BCUT2D eigenvalue weighted by atomic mass is 16.6. The molecule has 3 rings (SSSR count). The van der Waals surface area contributed by atoms with Crippen molar-refractivity contribution in [1.82, 2.24) is 4.90 Å². The summed E-state index contributed by atoms with van der Waals surface area (Å²) in [5.74, 6) is 1.72. The minimum Gasteiger partial charge on any atom is -0.490 e. The number of piperidine rings is 1. The summed E-state index contributed by atoms with van der Waals surface area (Å²) in [6.07, 6.45) is 4.24. The van der Waals surface area contributed by atoms with Crippen molar-refractivity contribution in [3.63, 3.8) is 0 Å². The molecule has 0 unspecified atom stereocenters. The molecule has 1 amide bonds. The quantitative estimate of drug-likeness (QED) is 0.832. The zero-order chi connectivity index (χ0) is 16.4. The van der Waals surface area contributed by atoms with Crippen LogP contribution in [0.2, 0.25) is 0 Å². The van der Waals surface area contributed by atoms with E-state index in [1.165, 1.54) is 18.4 Å². The largest absolute Gasteiger partial charge is 0.490 e. The van der Waals surface area contributed by atoms with Crippen LogP contribution in [0.5, 0.6) is 5.75 Å². The van der Waals surface area contributed by atoms with Crippen LogP contribution in [0.3, 0.4) is 0 Å². The van der Waals surface area contributed by atoms with E-state index in [1.54, 1.807) is 4.90 Å². The van der Waals surface area contributed by atoms with Crippen LogP contribution in [0.4, 0.5) is 4.79 Å². The maximum absolute atomic E-state index is 12.1. The summed E-state index contributed by atoms with van der Waals surface area (Å²) >= 11 is 0. The van der Waals surface area contributed by atoms with E-state index in [0.29, 0.717) is 19.0 Å². The first-order chi connectivity index (χ1) is 10.9. The molecule has 0 aromatic heterocycles. The van der Waals surface area contributed by atoms with Gasteiger partial charge in [0.05, 0.1) is 0 Å². The maximum atomic E-state index is 12.1. The minimum absolute atomic E-state index is 0.189. The van der Waals surface area contributed by atoms with Crippen LogP contribution in [0.25, 0.3) is 0 Å². The normalized spacial score (nSPS) is 19.5. The highest BCUT2D eigenvalue weighted by molar-refractivity contribution is 5.68. The summed E-state index contributed by atoms with van der Waals surface area (Å²) in [6, 6.07) is 8.39. The molecule has 2 fully saturated rings. The van der Waals surface area contributed by atoms with Gasteiger partial charge in [0.25, 0.3) is 0 Å². The Labute approximate surface area is 138 Å². The molecule has 4 nitrogen and oxygen atoms in total. The van der Waals surface area contributed by atoms with Gasteiger partial charge in [0.2, 0.25) is 0 Å². The molecule has 126 valence electrons. The van der Waals surface area contributed by atoms with E-state index in [-0.39, 0.29) is 12.2 Å². The molecule has 1 aliphatic heterocycles. The Kier molecular flexibility index (Phi) is 4.51. The van der Waals surface area contributed by atoms with Gasteiger partial charge in [-0.05, 0) is 51.2 Å². The molecule has 0 atom stereocenters. The summed E-state index contributed by atoms with van der Waals surface area (Å²) in [4.78, 5) is 13.9. The van der Waals surface area contributed by atoms with Crippen LogP contribution in [0.1, 0.15) is 57.9 Å². The van der Waals surface area contributed by atoms with Crippen molar-refractivity contribution in [1.29, 1.82) is 0 Å². The Morgan fingerprint density at radius 1 is 1.09 bits per heavy atom. The van der Waals surface area contributed by atoms with Gasteiger partial charge in [0, 0.05) is 25.9 Å². The Morgan fingerprint density at radius 3 is 2.35 bits per heavy atom. The lowest BCUT2D eigenvalue weighted by molar-refractivity contribution is 0.0126. The lowest BCUT2D eigenvalue weighted by atomic mass is 10.1. The molecule has 0 bridgehead atoms. The molecular weight excluding hydrogens is 290 g/mol. The number of para-hydroxylation sites is 1. The molecule has 0 spiro atoms. The topological polar surface area (TPSA) is 38.8 Å². The molecule has 2 aliphatic rings. The molecule has 1 aromatic carbocycles. The molecular formula is C19H27NO3. The van der Waals surface area contributed by atoms with Gasteiger partial charge in [0.15, 0.2) is 0 Å². The number of likely N-dealkylation sites (tertiary alicyclic amines) is 1. The highest BCUT2D eigenvalue weighted by Crippen LogP contribution is 2.44. The Hall–Kier alpha value is -1.71. The zero-order valence-corrected chi connectivity index (χ0v) is 14.4.